The molecular weight excluding hydrogens is 200 g/mol. The first-order chi connectivity index (χ1) is 7.67. The molecule has 0 aliphatic rings. The first-order valence-corrected chi connectivity index (χ1v) is 5.55. The van der Waals surface area contributed by atoms with Crippen LogP contribution >= 0.6 is 0 Å². The molecule has 86 valence electrons. The Labute approximate surface area is 95.8 Å². The quantitative estimate of drug-likeness (QED) is 0.860. The predicted octanol–water partition coefficient (Wildman–Crippen LogP) is 2.69. The van der Waals surface area contributed by atoms with E-state index in [4.69, 9.17) is 10.5 Å². The predicted molar refractivity (Wildman–Crippen MR) is 66.8 cm³/mol. The van der Waals surface area contributed by atoms with Crippen molar-refractivity contribution in [2.45, 2.75) is 26.4 Å². The highest BCUT2D eigenvalue weighted by Gasteiger charge is 2.10. The van der Waals surface area contributed by atoms with Crippen LogP contribution in [0.25, 0.3) is 10.9 Å². The summed E-state index contributed by atoms with van der Waals surface area (Å²) in [5, 5.41) is 1.19. The number of hydrogen-bond acceptors (Lipinski definition) is 2. The number of nitrogens with two attached hydrogens (primary N) is 1. The van der Waals surface area contributed by atoms with Crippen LogP contribution in [-0.2, 0) is 6.54 Å². The molecule has 0 aliphatic heterocycles. The Morgan fingerprint density at radius 3 is 2.62 bits per heavy atom. The minimum Gasteiger partial charge on any atom is -0.497 e. The van der Waals surface area contributed by atoms with Gasteiger partial charge in [0, 0.05) is 29.2 Å². The molecule has 1 aromatic carbocycles. The van der Waals surface area contributed by atoms with E-state index in [2.05, 4.69) is 30.5 Å². The maximum absolute atomic E-state index is 5.77. The molecule has 1 aromatic heterocycles. The van der Waals surface area contributed by atoms with Crippen molar-refractivity contribution in [3.8, 4) is 5.75 Å². The van der Waals surface area contributed by atoms with Crippen molar-refractivity contribution < 1.29 is 4.74 Å². The van der Waals surface area contributed by atoms with Crippen molar-refractivity contribution >= 4 is 10.9 Å². The second kappa shape index (κ2) is 4.18. The molecule has 2 aromatic rings. The van der Waals surface area contributed by atoms with Gasteiger partial charge in [-0.3, -0.25) is 0 Å². The van der Waals surface area contributed by atoms with Crippen LogP contribution in [-0.4, -0.2) is 11.7 Å². The normalized spacial score (nSPS) is 11.3. The van der Waals surface area contributed by atoms with Gasteiger partial charge in [0.1, 0.15) is 5.75 Å². The van der Waals surface area contributed by atoms with E-state index in [1.54, 1.807) is 7.11 Å². The fourth-order valence-electron chi connectivity index (χ4n) is 2.17. The number of ether oxygens (including phenoxy) is 1. The van der Waals surface area contributed by atoms with Crippen molar-refractivity contribution in [1.29, 1.82) is 0 Å². The Bertz CT molecular complexity index is 500. The summed E-state index contributed by atoms with van der Waals surface area (Å²) in [6.45, 7) is 4.90. The lowest BCUT2D eigenvalue weighted by atomic mass is 10.2. The van der Waals surface area contributed by atoms with Gasteiger partial charge in [-0.1, -0.05) is 0 Å². The lowest BCUT2D eigenvalue weighted by Crippen LogP contribution is -2.08. The van der Waals surface area contributed by atoms with Gasteiger partial charge in [0.2, 0.25) is 0 Å². The second-order valence-corrected chi connectivity index (χ2v) is 4.23. The third-order valence-electron chi connectivity index (χ3n) is 2.85. The first-order valence-electron chi connectivity index (χ1n) is 5.55. The molecule has 3 heteroatoms. The summed E-state index contributed by atoms with van der Waals surface area (Å²) in [5.74, 6) is 0.886. The number of fused-ring (bicyclic) bond motifs is 1. The molecule has 0 radical (unpaired) electrons. The van der Waals surface area contributed by atoms with Crippen molar-refractivity contribution in [1.82, 2.24) is 4.57 Å². The molecule has 3 nitrogen and oxygen atoms in total. The molecule has 0 bridgehead atoms. The summed E-state index contributed by atoms with van der Waals surface area (Å²) in [4.78, 5) is 0. The summed E-state index contributed by atoms with van der Waals surface area (Å²) >= 11 is 0. The lowest BCUT2D eigenvalue weighted by molar-refractivity contribution is 0.415. The van der Waals surface area contributed by atoms with Crippen LogP contribution in [0.15, 0.2) is 24.3 Å². The highest BCUT2D eigenvalue weighted by molar-refractivity contribution is 5.83. The summed E-state index contributed by atoms with van der Waals surface area (Å²) < 4.78 is 7.50. The zero-order chi connectivity index (χ0) is 11.7. The van der Waals surface area contributed by atoms with E-state index < -0.39 is 0 Å². The molecule has 0 aliphatic carbocycles. The zero-order valence-electron chi connectivity index (χ0n) is 10.0. The van der Waals surface area contributed by atoms with Gasteiger partial charge in [0.05, 0.1) is 7.11 Å². The van der Waals surface area contributed by atoms with Gasteiger partial charge >= 0.3 is 0 Å². The van der Waals surface area contributed by atoms with Gasteiger partial charge < -0.3 is 15.0 Å². The molecular formula is C13H18N2O. The van der Waals surface area contributed by atoms with E-state index in [0.29, 0.717) is 12.6 Å². The molecule has 0 atom stereocenters. The Kier molecular flexibility index (Phi) is 2.88. The number of aromatic nitrogens is 1. The Morgan fingerprint density at radius 1 is 1.31 bits per heavy atom. The third kappa shape index (κ3) is 1.67. The molecule has 0 saturated carbocycles. The fraction of sp³-hybridized carbons (Fsp3) is 0.385. The molecule has 2 N–H and O–H groups in total. The van der Waals surface area contributed by atoms with Crippen LogP contribution < -0.4 is 10.5 Å². The average Bonchev–Trinajstić information content (AvgIpc) is 2.65. The summed E-state index contributed by atoms with van der Waals surface area (Å²) in [6.07, 6.45) is 0. The van der Waals surface area contributed by atoms with E-state index in [0.717, 1.165) is 5.75 Å². The second-order valence-electron chi connectivity index (χ2n) is 4.23. The maximum atomic E-state index is 5.77. The largest absolute Gasteiger partial charge is 0.497 e. The Morgan fingerprint density at radius 2 is 2.06 bits per heavy atom. The van der Waals surface area contributed by atoms with E-state index in [1.165, 1.54) is 16.6 Å². The highest BCUT2D eigenvalue weighted by Crippen LogP contribution is 2.27. The van der Waals surface area contributed by atoms with Gasteiger partial charge in [0.25, 0.3) is 0 Å². The zero-order valence-corrected chi connectivity index (χ0v) is 10.0. The summed E-state index contributed by atoms with van der Waals surface area (Å²) in [7, 11) is 1.68. The van der Waals surface area contributed by atoms with Crippen LogP contribution in [0.5, 0.6) is 5.75 Å². The van der Waals surface area contributed by atoms with Crippen LogP contribution in [0.2, 0.25) is 0 Å². The van der Waals surface area contributed by atoms with Crippen molar-refractivity contribution in [3.63, 3.8) is 0 Å². The minimum atomic E-state index is 0.421. The molecule has 16 heavy (non-hydrogen) atoms. The summed E-state index contributed by atoms with van der Waals surface area (Å²) in [5.41, 5.74) is 8.15. The van der Waals surface area contributed by atoms with E-state index in [9.17, 15) is 0 Å². The topological polar surface area (TPSA) is 40.2 Å². The highest BCUT2D eigenvalue weighted by atomic mass is 16.5. The van der Waals surface area contributed by atoms with Crippen molar-refractivity contribution in [2.75, 3.05) is 7.11 Å². The fourth-order valence-corrected chi connectivity index (χ4v) is 2.17. The van der Waals surface area contributed by atoms with Crippen LogP contribution in [0.1, 0.15) is 25.6 Å². The van der Waals surface area contributed by atoms with E-state index in [1.807, 2.05) is 12.1 Å². The van der Waals surface area contributed by atoms with Gasteiger partial charge in [-0.25, -0.2) is 0 Å². The molecule has 0 saturated heterocycles. The number of hydrogen-bond donors (Lipinski definition) is 1. The van der Waals surface area contributed by atoms with Gasteiger partial charge in [-0.2, -0.15) is 0 Å². The molecule has 0 amide bonds. The maximum Gasteiger partial charge on any atom is 0.119 e. The van der Waals surface area contributed by atoms with Gasteiger partial charge in [-0.15, -0.1) is 0 Å². The first kappa shape index (κ1) is 11.0. The Hall–Kier alpha value is -1.48. The van der Waals surface area contributed by atoms with Crippen LogP contribution in [0.4, 0.5) is 0 Å². The number of benzene rings is 1. The van der Waals surface area contributed by atoms with Gasteiger partial charge in [-0.05, 0) is 38.1 Å². The average molecular weight is 218 g/mol. The van der Waals surface area contributed by atoms with E-state index in [-0.39, 0.29) is 0 Å². The molecule has 0 spiro atoms. The van der Waals surface area contributed by atoms with Crippen LogP contribution in [0, 0.1) is 0 Å². The van der Waals surface area contributed by atoms with Crippen molar-refractivity contribution in [3.05, 3.63) is 30.0 Å². The third-order valence-corrected chi connectivity index (χ3v) is 2.85. The Balaban J connectivity index is 2.67. The number of nitrogens with zero attached hydrogens (tertiary/aromatic N) is 1. The SMILES string of the molecule is COc1ccc2c(c1)cc(CN)n2C(C)C. The monoisotopic (exact) mass is 218 g/mol. The molecule has 1 heterocycles. The lowest BCUT2D eigenvalue weighted by Gasteiger charge is -2.13. The van der Waals surface area contributed by atoms with Crippen molar-refractivity contribution in [2.24, 2.45) is 5.73 Å². The standard InChI is InChI=1S/C13H18N2O/c1-9(2)15-11(8-14)6-10-7-12(16-3)4-5-13(10)15/h4-7,9H,8,14H2,1-3H3. The summed E-state index contributed by atoms with van der Waals surface area (Å²) in [6, 6.07) is 8.68. The number of rotatable bonds is 3. The van der Waals surface area contributed by atoms with E-state index >= 15 is 0 Å². The molecule has 2 rings (SSSR count). The van der Waals surface area contributed by atoms with Crippen LogP contribution in [0.3, 0.4) is 0 Å². The molecule has 0 unspecified atom stereocenters. The van der Waals surface area contributed by atoms with Gasteiger partial charge in [0.15, 0.2) is 0 Å². The smallest absolute Gasteiger partial charge is 0.119 e. The molecule has 0 fully saturated rings. The minimum absolute atomic E-state index is 0.421. The number of methoxy groups -OCH3 is 1.